The second kappa shape index (κ2) is 9.94. The number of Topliss-reactive ketones (excluding diaryl/α,β-unsaturated/α-hetero) is 1. The number of rotatable bonds is 8. The van der Waals surface area contributed by atoms with Crippen LogP contribution in [0.2, 0.25) is 10.0 Å². The van der Waals surface area contributed by atoms with Crippen LogP contribution in [0.25, 0.3) is 0 Å². The SMILES string of the molecule is O=C(CCC(=O)c1ccc(Cl)cc1)NCC(=O)NCc1ccc(Cl)cc1. The van der Waals surface area contributed by atoms with Crippen molar-refractivity contribution in [1.82, 2.24) is 10.6 Å². The van der Waals surface area contributed by atoms with Crippen molar-refractivity contribution in [3.05, 3.63) is 69.7 Å². The van der Waals surface area contributed by atoms with Gasteiger partial charge in [0.1, 0.15) is 0 Å². The number of carbonyl (C=O) groups is 3. The van der Waals surface area contributed by atoms with Gasteiger partial charge in [0.2, 0.25) is 11.8 Å². The molecule has 2 rings (SSSR count). The summed E-state index contributed by atoms with van der Waals surface area (Å²) in [6.45, 7) is 0.211. The molecule has 0 saturated heterocycles. The molecule has 0 unspecified atom stereocenters. The van der Waals surface area contributed by atoms with Crippen molar-refractivity contribution in [3.8, 4) is 0 Å². The largest absolute Gasteiger partial charge is 0.350 e. The molecule has 136 valence electrons. The van der Waals surface area contributed by atoms with Crippen LogP contribution in [0.4, 0.5) is 0 Å². The van der Waals surface area contributed by atoms with Crippen molar-refractivity contribution in [1.29, 1.82) is 0 Å². The van der Waals surface area contributed by atoms with Gasteiger partial charge in [-0.1, -0.05) is 35.3 Å². The van der Waals surface area contributed by atoms with E-state index in [0.29, 0.717) is 22.2 Å². The molecule has 0 bridgehead atoms. The molecule has 2 amide bonds. The maximum Gasteiger partial charge on any atom is 0.239 e. The van der Waals surface area contributed by atoms with Crippen molar-refractivity contribution in [3.63, 3.8) is 0 Å². The minimum absolute atomic E-state index is 0.0198. The molecule has 2 aromatic rings. The van der Waals surface area contributed by atoms with Crippen molar-refractivity contribution < 1.29 is 14.4 Å². The molecule has 0 aliphatic carbocycles. The van der Waals surface area contributed by atoms with E-state index >= 15 is 0 Å². The number of hydrogen-bond donors (Lipinski definition) is 2. The summed E-state index contributed by atoms with van der Waals surface area (Å²) in [6, 6.07) is 13.6. The summed E-state index contributed by atoms with van der Waals surface area (Å²) < 4.78 is 0. The molecule has 0 saturated carbocycles. The molecule has 0 radical (unpaired) electrons. The first-order chi connectivity index (χ1) is 12.4. The summed E-state index contributed by atoms with van der Waals surface area (Å²) in [6.07, 6.45) is 0.0891. The summed E-state index contributed by atoms with van der Waals surface area (Å²) >= 11 is 11.6. The lowest BCUT2D eigenvalue weighted by molar-refractivity contribution is -0.126. The second-order valence-electron chi connectivity index (χ2n) is 5.61. The lowest BCUT2D eigenvalue weighted by Crippen LogP contribution is -2.36. The van der Waals surface area contributed by atoms with Gasteiger partial charge in [0.25, 0.3) is 0 Å². The highest BCUT2D eigenvalue weighted by Gasteiger charge is 2.10. The first kappa shape index (κ1) is 19.9. The van der Waals surface area contributed by atoms with E-state index in [0.717, 1.165) is 5.56 Å². The predicted octanol–water partition coefficient (Wildman–Crippen LogP) is 3.39. The monoisotopic (exact) mass is 392 g/mol. The van der Waals surface area contributed by atoms with Gasteiger partial charge in [-0.2, -0.15) is 0 Å². The molecule has 0 aromatic heterocycles. The molecule has 0 aliphatic heterocycles. The van der Waals surface area contributed by atoms with E-state index in [-0.39, 0.29) is 37.0 Å². The Labute approximate surface area is 161 Å². The summed E-state index contributed by atoms with van der Waals surface area (Å²) in [5.41, 5.74) is 1.41. The standard InChI is InChI=1S/C19H18Cl2N2O3/c20-15-5-1-13(2-6-15)11-22-19(26)12-23-18(25)10-9-17(24)14-3-7-16(21)8-4-14/h1-8H,9-12H2,(H,22,26)(H,23,25). The van der Waals surface area contributed by atoms with Crippen LogP contribution in [0.5, 0.6) is 0 Å². The van der Waals surface area contributed by atoms with Crippen LogP contribution in [0.15, 0.2) is 48.5 Å². The molecule has 7 heteroatoms. The lowest BCUT2D eigenvalue weighted by Gasteiger charge is -2.07. The Morgan fingerprint density at radius 1 is 0.731 bits per heavy atom. The van der Waals surface area contributed by atoms with Crippen molar-refractivity contribution in [2.24, 2.45) is 0 Å². The van der Waals surface area contributed by atoms with Gasteiger partial charge in [0.05, 0.1) is 6.54 Å². The van der Waals surface area contributed by atoms with Gasteiger partial charge in [0.15, 0.2) is 5.78 Å². The Morgan fingerprint density at radius 2 is 1.31 bits per heavy atom. The van der Waals surface area contributed by atoms with E-state index in [2.05, 4.69) is 10.6 Å². The van der Waals surface area contributed by atoms with Crippen LogP contribution in [-0.2, 0) is 16.1 Å². The summed E-state index contributed by atoms with van der Waals surface area (Å²) in [4.78, 5) is 35.5. The smallest absolute Gasteiger partial charge is 0.239 e. The fourth-order valence-electron chi connectivity index (χ4n) is 2.14. The molecule has 2 N–H and O–H groups in total. The molecule has 0 atom stereocenters. The molecule has 0 heterocycles. The van der Waals surface area contributed by atoms with E-state index < -0.39 is 0 Å². The van der Waals surface area contributed by atoms with Gasteiger partial charge in [-0.25, -0.2) is 0 Å². The average Bonchev–Trinajstić information content (AvgIpc) is 2.64. The lowest BCUT2D eigenvalue weighted by atomic mass is 10.1. The highest BCUT2D eigenvalue weighted by atomic mass is 35.5. The van der Waals surface area contributed by atoms with E-state index in [1.807, 2.05) is 12.1 Å². The zero-order valence-corrected chi connectivity index (χ0v) is 15.4. The van der Waals surface area contributed by atoms with Crippen LogP contribution in [0.1, 0.15) is 28.8 Å². The molecular formula is C19H18Cl2N2O3. The molecule has 2 aromatic carbocycles. The van der Waals surface area contributed by atoms with E-state index in [1.165, 1.54) is 0 Å². The third-order valence-electron chi connectivity index (χ3n) is 3.59. The summed E-state index contributed by atoms with van der Waals surface area (Å²) in [5, 5.41) is 6.36. The zero-order valence-electron chi connectivity index (χ0n) is 13.9. The van der Waals surface area contributed by atoms with Crippen molar-refractivity contribution in [2.75, 3.05) is 6.54 Å². The molecule has 0 spiro atoms. The van der Waals surface area contributed by atoms with E-state index in [4.69, 9.17) is 23.2 Å². The maximum atomic E-state index is 12.0. The zero-order chi connectivity index (χ0) is 18.9. The van der Waals surface area contributed by atoms with E-state index in [9.17, 15) is 14.4 Å². The number of carbonyl (C=O) groups excluding carboxylic acids is 3. The van der Waals surface area contributed by atoms with Crippen LogP contribution in [0.3, 0.4) is 0 Å². The number of benzene rings is 2. The third-order valence-corrected chi connectivity index (χ3v) is 4.10. The summed E-state index contributed by atoms with van der Waals surface area (Å²) in [5.74, 6) is -0.810. The van der Waals surface area contributed by atoms with Gasteiger partial charge in [-0.05, 0) is 42.0 Å². The van der Waals surface area contributed by atoms with E-state index in [1.54, 1.807) is 36.4 Å². The van der Waals surface area contributed by atoms with Crippen LogP contribution in [0, 0.1) is 0 Å². The van der Waals surface area contributed by atoms with Crippen molar-refractivity contribution >= 4 is 40.8 Å². The highest BCUT2D eigenvalue weighted by molar-refractivity contribution is 6.30. The Hall–Kier alpha value is -2.37. The first-order valence-electron chi connectivity index (χ1n) is 8.00. The quantitative estimate of drug-likeness (QED) is 0.676. The first-order valence-corrected chi connectivity index (χ1v) is 8.76. The number of ketones is 1. The molecule has 26 heavy (non-hydrogen) atoms. The Bertz CT molecular complexity index is 774. The number of amides is 2. The third kappa shape index (κ3) is 6.86. The van der Waals surface area contributed by atoms with Gasteiger partial charge in [-0.15, -0.1) is 0 Å². The minimum Gasteiger partial charge on any atom is -0.350 e. The number of hydrogen-bond acceptors (Lipinski definition) is 3. The van der Waals surface area contributed by atoms with Gasteiger partial charge in [0, 0.05) is 35.0 Å². The van der Waals surface area contributed by atoms with Gasteiger partial charge in [-0.3, -0.25) is 14.4 Å². The predicted molar refractivity (Wildman–Crippen MR) is 101 cm³/mol. The van der Waals surface area contributed by atoms with Gasteiger partial charge >= 0.3 is 0 Å². The molecule has 0 fully saturated rings. The second-order valence-corrected chi connectivity index (χ2v) is 6.48. The Balaban J connectivity index is 1.66. The fourth-order valence-corrected chi connectivity index (χ4v) is 2.39. The Morgan fingerprint density at radius 3 is 1.92 bits per heavy atom. The molecule has 5 nitrogen and oxygen atoms in total. The maximum absolute atomic E-state index is 12.0. The molecule has 0 aliphatic rings. The average molecular weight is 393 g/mol. The van der Waals surface area contributed by atoms with Crippen LogP contribution < -0.4 is 10.6 Å². The van der Waals surface area contributed by atoms with Crippen molar-refractivity contribution in [2.45, 2.75) is 19.4 Å². The number of halogens is 2. The molecular weight excluding hydrogens is 375 g/mol. The minimum atomic E-state index is -0.353. The number of nitrogens with one attached hydrogen (secondary N) is 2. The van der Waals surface area contributed by atoms with Gasteiger partial charge < -0.3 is 10.6 Å². The normalized spacial score (nSPS) is 10.2. The highest BCUT2D eigenvalue weighted by Crippen LogP contribution is 2.12. The van der Waals surface area contributed by atoms with Crippen LogP contribution in [-0.4, -0.2) is 24.1 Å². The Kier molecular flexibility index (Phi) is 7.63. The summed E-state index contributed by atoms with van der Waals surface area (Å²) in [7, 11) is 0. The topological polar surface area (TPSA) is 75.3 Å². The van der Waals surface area contributed by atoms with Crippen LogP contribution >= 0.6 is 23.2 Å². The fraction of sp³-hybridized carbons (Fsp3) is 0.211.